The van der Waals surface area contributed by atoms with Gasteiger partial charge in [0.1, 0.15) is 0 Å². The molecule has 1 saturated carbocycles. The van der Waals surface area contributed by atoms with Crippen molar-refractivity contribution < 1.29 is 13.5 Å². The van der Waals surface area contributed by atoms with Gasteiger partial charge in [-0.2, -0.15) is 9.40 Å². The molecule has 2 rings (SSSR count). The van der Waals surface area contributed by atoms with E-state index in [0.29, 0.717) is 11.3 Å². The highest BCUT2D eigenvalue weighted by atomic mass is 32.2. The first-order chi connectivity index (χ1) is 8.48. The minimum atomic E-state index is -3.61. The number of aryl methyl sites for hydroxylation is 1. The summed E-state index contributed by atoms with van der Waals surface area (Å²) in [5.74, 6) is 0. The van der Waals surface area contributed by atoms with Gasteiger partial charge in [-0.15, -0.1) is 0 Å². The fourth-order valence-corrected chi connectivity index (χ4v) is 4.00. The van der Waals surface area contributed by atoms with Crippen LogP contribution < -0.4 is 0 Å². The molecule has 0 atom stereocenters. The van der Waals surface area contributed by atoms with Crippen molar-refractivity contribution in [3.05, 3.63) is 11.3 Å². The van der Waals surface area contributed by atoms with E-state index in [-0.39, 0.29) is 17.7 Å². The van der Waals surface area contributed by atoms with Crippen molar-refractivity contribution in [2.45, 2.75) is 50.3 Å². The molecule has 1 aromatic rings. The first-order valence-corrected chi connectivity index (χ1v) is 7.55. The van der Waals surface area contributed by atoms with Gasteiger partial charge in [-0.1, -0.05) is 12.8 Å². The number of nitrogens with zero attached hydrogens (tertiary/aromatic N) is 2. The van der Waals surface area contributed by atoms with E-state index >= 15 is 0 Å². The first-order valence-electron chi connectivity index (χ1n) is 6.11. The Kier molecular flexibility index (Phi) is 3.74. The molecule has 1 heterocycles. The number of aliphatic hydroxyl groups is 1. The van der Waals surface area contributed by atoms with Crippen molar-refractivity contribution in [3.63, 3.8) is 0 Å². The molecular formula is C11H19N3O3S. The van der Waals surface area contributed by atoms with Crippen molar-refractivity contribution in [1.29, 1.82) is 0 Å². The van der Waals surface area contributed by atoms with Gasteiger partial charge in [-0.3, -0.25) is 5.10 Å². The van der Waals surface area contributed by atoms with Crippen LogP contribution in [0.2, 0.25) is 0 Å². The lowest BCUT2D eigenvalue weighted by Crippen LogP contribution is -2.35. The predicted molar refractivity (Wildman–Crippen MR) is 66.5 cm³/mol. The quantitative estimate of drug-likeness (QED) is 0.848. The lowest BCUT2D eigenvalue weighted by Gasteiger charge is -2.22. The smallest absolute Gasteiger partial charge is 0.262 e. The Morgan fingerprint density at radius 1 is 1.44 bits per heavy atom. The molecule has 1 aliphatic rings. The normalized spacial score (nSPS) is 17.8. The van der Waals surface area contributed by atoms with Crippen LogP contribution in [0, 0.1) is 6.92 Å². The number of aromatic nitrogens is 2. The van der Waals surface area contributed by atoms with Gasteiger partial charge in [-0.25, -0.2) is 8.42 Å². The Hall–Kier alpha value is -0.920. The number of aliphatic hydroxyl groups excluding tert-OH is 1. The van der Waals surface area contributed by atoms with E-state index in [9.17, 15) is 13.5 Å². The summed E-state index contributed by atoms with van der Waals surface area (Å²) in [4.78, 5) is 0. The van der Waals surface area contributed by atoms with E-state index in [2.05, 4.69) is 10.2 Å². The molecule has 1 aliphatic carbocycles. The SMILES string of the molecule is Cc1[nH]nc(S(=O)(=O)N(C)C2CCCC2)c1CO. The number of hydrogen-bond acceptors (Lipinski definition) is 4. The van der Waals surface area contributed by atoms with E-state index in [1.165, 1.54) is 4.31 Å². The first kappa shape index (κ1) is 13.5. The van der Waals surface area contributed by atoms with E-state index in [1.54, 1.807) is 14.0 Å². The number of rotatable bonds is 4. The van der Waals surface area contributed by atoms with Crippen molar-refractivity contribution in [3.8, 4) is 0 Å². The standard InChI is InChI=1S/C11H19N3O3S/c1-8-10(7-15)11(13-12-8)18(16,17)14(2)9-5-3-4-6-9/h9,15H,3-7H2,1-2H3,(H,12,13). The summed E-state index contributed by atoms with van der Waals surface area (Å²) in [6.07, 6.45) is 3.93. The molecule has 0 bridgehead atoms. The monoisotopic (exact) mass is 273 g/mol. The summed E-state index contributed by atoms with van der Waals surface area (Å²) < 4.78 is 26.3. The zero-order chi connectivity index (χ0) is 13.3. The van der Waals surface area contributed by atoms with Crippen LogP contribution in [-0.2, 0) is 16.6 Å². The van der Waals surface area contributed by atoms with Crippen LogP contribution in [0.5, 0.6) is 0 Å². The van der Waals surface area contributed by atoms with Gasteiger partial charge >= 0.3 is 0 Å². The van der Waals surface area contributed by atoms with E-state index in [4.69, 9.17) is 0 Å². The molecule has 0 unspecified atom stereocenters. The maximum absolute atomic E-state index is 12.4. The van der Waals surface area contributed by atoms with Crippen LogP contribution >= 0.6 is 0 Å². The second-order valence-electron chi connectivity index (χ2n) is 4.75. The number of aromatic amines is 1. The number of H-pyrrole nitrogens is 1. The van der Waals surface area contributed by atoms with Crippen molar-refractivity contribution >= 4 is 10.0 Å². The second kappa shape index (κ2) is 4.99. The zero-order valence-electron chi connectivity index (χ0n) is 10.7. The fraction of sp³-hybridized carbons (Fsp3) is 0.727. The lowest BCUT2D eigenvalue weighted by atomic mass is 10.3. The fourth-order valence-electron chi connectivity index (χ4n) is 2.43. The highest BCUT2D eigenvalue weighted by Crippen LogP contribution is 2.28. The van der Waals surface area contributed by atoms with E-state index in [1.807, 2.05) is 0 Å². The number of hydrogen-bond donors (Lipinski definition) is 2. The zero-order valence-corrected chi connectivity index (χ0v) is 11.5. The van der Waals surface area contributed by atoms with Crippen LogP contribution in [0.25, 0.3) is 0 Å². The van der Waals surface area contributed by atoms with Gasteiger partial charge in [0.25, 0.3) is 10.0 Å². The average molecular weight is 273 g/mol. The van der Waals surface area contributed by atoms with Crippen LogP contribution in [0.1, 0.15) is 36.9 Å². The average Bonchev–Trinajstić information content (AvgIpc) is 2.96. The summed E-state index contributed by atoms with van der Waals surface area (Å²) in [7, 11) is -2.02. The van der Waals surface area contributed by atoms with Gasteiger partial charge in [-0.05, 0) is 19.8 Å². The third kappa shape index (κ3) is 2.17. The second-order valence-corrected chi connectivity index (χ2v) is 6.66. The third-order valence-corrected chi connectivity index (χ3v) is 5.54. The molecule has 0 radical (unpaired) electrons. The van der Waals surface area contributed by atoms with Crippen LogP contribution in [0.3, 0.4) is 0 Å². The summed E-state index contributed by atoms with van der Waals surface area (Å²) in [5, 5.41) is 15.7. The largest absolute Gasteiger partial charge is 0.392 e. The maximum Gasteiger partial charge on any atom is 0.262 e. The van der Waals surface area contributed by atoms with Crippen molar-refractivity contribution in [1.82, 2.24) is 14.5 Å². The minimum Gasteiger partial charge on any atom is -0.392 e. The lowest BCUT2D eigenvalue weighted by molar-refractivity contribution is 0.277. The molecule has 1 aromatic heterocycles. The van der Waals surface area contributed by atoms with Crippen LogP contribution in [0.4, 0.5) is 0 Å². The minimum absolute atomic E-state index is 0.0445. The van der Waals surface area contributed by atoms with Crippen LogP contribution in [-0.4, -0.2) is 41.1 Å². The summed E-state index contributed by atoms with van der Waals surface area (Å²) in [5.41, 5.74) is 0.954. The number of sulfonamides is 1. The molecular weight excluding hydrogens is 254 g/mol. The molecule has 7 heteroatoms. The van der Waals surface area contributed by atoms with Gasteiger partial charge in [0.2, 0.25) is 0 Å². The molecule has 0 aliphatic heterocycles. The number of nitrogens with one attached hydrogen (secondary N) is 1. The van der Waals surface area contributed by atoms with Gasteiger partial charge in [0, 0.05) is 24.3 Å². The Morgan fingerprint density at radius 3 is 2.61 bits per heavy atom. The highest BCUT2D eigenvalue weighted by molar-refractivity contribution is 7.89. The Morgan fingerprint density at radius 2 is 2.06 bits per heavy atom. The summed E-state index contributed by atoms with van der Waals surface area (Å²) in [6.45, 7) is 1.38. The molecule has 0 saturated heterocycles. The Labute approximate surface area is 107 Å². The molecule has 1 fully saturated rings. The predicted octanol–water partition coefficient (Wildman–Crippen LogP) is 0.774. The van der Waals surface area contributed by atoms with Crippen LogP contribution in [0.15, 0.2) is 5.03 Å². The molecule has 2 N–H and O–H groups in total. The molecule has 0 amide bonds. The Bertz CT molecular complexity index is 518. The van der Waals surface area contributed by atoms with E-state index < -0.39 is 10.0 Å². The third-order valence-electron chi connectivity index (χ3n) is 3.66. The van der Waals surface area contributed by atoms with Crippen molar-refractivity contribution in [2.75, 3.05) is 7.05 Å². The maximum atomic E-state index is 12.4. The molecule has 6 nitrogen and oxygen atoms in total. The van der Waals surface area contributed by atoms with Gasteiger partial charge in [0.15, 0.2) is 5.03 Å². The topological polar surface area (TPSA) is 86.3 Å². The molecule has 0 aromatic carbocycles. The van der Waals surface area contributed by atoms with Crippen molar-refractivity contribution in [2.24, 2.45) is 0 Å². The summed E-state index contributed by atoms with van der Waals surface area (Å²) in [6, 6.07) is 0.0542. The molecule has 0 spiro atoms. The Balaban J connectivity index is 2.35. The molecule has 102 valence electrons. The van der Waals surface area contributed by atoms with Gasteiger partial charge < -0.3 is 5.11 Å². The van der Waals surface area contributed by atoms with E-state index in [0.717, 1.165) is 25.7 Å². The van der Waals surface area contributed by atoms with Gasteiger partial charge in [0.05, 0.1) is 6.61 Å². The molecule has 18 heavy (non-hydrogen) atoms. The highest BCUT2D eigenvalue weighted by Gasteiger charge is 2.33. The summed E-state index contributed by atoms with van der Waals surface area (Å²) >= 11 is 0.